The molecular formula is C20H22O7. The molecule has 0 amide bonds. The number of benzene rings is 1. The average Bonchev–Trinajstić information content (AvgIpc) is 2.62. The highest BCUT2D eigenvalue weighted by Crippen LogP contribution is 2.40. The van der Waals surface area contributed by atoms with Crippen molar-refractivity contribution in [2.24, 2.45) is 0 Å². The first-order valence-electron chi connectivity index (χ1n) is 8.81. The number of hydrogen-bond donors (Lipinski definition) is 1. The summed E-state index contributed by atoms with van der Waals surface area (Å²) in [5.74, 6) is -1.08. The predicted molar refractivity (Wildman–Crippen MR) is 95.0 cm³/mol. The van der Waals surface area contributed by atoms with Crippen molar-refractivity contribution in [2.75, 3.05) is 13.7 Å². The third kappa shape index (κ3) is 3.07. The Labute approximate surface area is 156 Å². The molecule has 1 aromatic carbocycles. The van der Waals surface area contributed by atoms with Crippen molar-refractivity contribution >= 4 is 17.5 Å². The summed E-state index contributed by atoms with van der Waals surface area (Å²) in [7, 11) is 1.43. The maximum absolute atomic E-state index is 13.2. The molecule has 0 unspecified atom stereocenters. The van der Waals surface area contributed by atoms with Crippen LogP contribution in [0.15, 0.2) is 23.3 Å². The molecule has 0 spiro atoms. The van der Waals surface area contributed by atoms with E-state index in [1.54, 1.807) is 32.9 Å². The monoisotopic (exact) mass is 374 g/mol. The molecule has 1 N–H and O–H groups in total. The Balaban J connectivity index is 2.07. The van der Waals surface area contributed by atoms with Crippen LogP contribution in [-0.4, -0.2) is 54.7 Å². The van der Waals surface area contributed by atoms with Crippen LogP contribution in [0.3, 0.4) is 0 Å². The lowest BCUT2D eigenvalue weighted by Crippen LogP contribution is -2.47. The Morgan fingerprint density at radius 2 is 1.93 bits per heavy atom. The highest BCUT2D eigenvalue weighted by atomic mass is 16.5. The number of carbonyl (C=O) groups is 3. The average molecular weight is 374 g/mol. The van der Waals surface area contributed by atoms with E-state index < -0.39 is 30.1 Å². The smallest absolute Gasteiger partial charge is 0.308 e. The summed E-state index contributed by atoms with van der Waals surface area (Å²) in [4.78, 5) is 38.0. The molecule has 0 radical (unpaired) electrons. The van der Waals surface area contributed by atoms with Crippen LogP contribution >= 0.6 is 0 Å². The number of aliphatic hydroxyl groups is 1. The topological polar surface area (TPSA) is 99.1 Å². The van der Waals surface area contributed by atoms with Gasteiger partial charge in [-0.15, -0.1) is 0 Å². The molecule has 144 valence electrons. The summed E-state index contributed by atoms with van der Waals surface area (Å²) >= 11 is 0. The van der Waals surface area contributed by atoms with Crippen LogP contribution < -0.4 is 4.74 Å². The lowest BCUT2D eigenvalue weighted by atomic mass is 9.76. The first-order chi connectivity index (χ1) is 12.8. The standard InChI is InChI=1S/C20H22O7/c1-5-26-13(21)8-12-18(23)16-14(10(3)27-12)17(22)11-7-6-9(2)20(25-4)15(11)19(16)24/h6-7,10,12,18,23H,5,8H2,1-4H3/t10-,12+,18+/m0/s1. The minimum absolute atomic E-state index is 0.0237. The van der Waals surface area contributed by atoms with Gasteiger partial charge in [-0.05, 0) is 32.4 Å². The molecule has 2 aliphatic rings. The van der Waals surface area contributed by atoms with E-state index in [9.17, 15) is 19.5 Å². The van der Waals surface area contributed by atoms with Gasteiger partial charge in [0, 0.05) is 16.7 Å². The molecule has 0 saturated carbocycles. The van der Waals surface area contributed by atoms with Crippen molar-refractivity contribution in [3.63, 3.8) is 0 Å². The fourth-order valence-corrected chi connectivity index (χ4v) is 3.72. The van der Waals surface area contributed by atoms with E-state index in [0.717, 1.165) is 0 Å². The number of fused-ring (bicyclic) bond motifs is 1. The van der Waals surface area contributed by atoms with Gasteiger partial charge in [-0.25, -0.2) is 0 Å². The van der Waals surface area contributed by atoms with Crippen molar-refractivity contribution < 1.29 is 33.7 Å². The van der Waals surface area contributed by atoms with E-state index in [1.165, 1.54) is 7.11 Å². The van der Waals surface area contributed by atoms with E-state index in [-0.39, 0.29) is 41.1 Å². The second kappa shape index (κ2) is 7.25. The number of aryl methyl sites for hydroxylation is 1. The van der Waals surface area contributed by atoms with Gasteiger partial charge in [0.15, 0.2) is 11.6 Å². The van der Waals surface area contributed by atoms with Gasteiger partial charge in [-0.2, -0.15) is 0 Å². The van der Waals surface area contributed by atoms with E-state index in [4.69, 9.17) is 14.2 Å². The van der Waals surface area contributed by atoms with Gasteiger partial charge >= 0.3 is 5.97 Å². The number of esters is 1. The van der Waals surface area contributed by atoms with Crippen LogP contribution in [0.5, 0.6) is 5.75 Å². The Bertz CT molecular complexity index is 852. The number of ketones is 2. The van der Waals surface area contributed by atoms with Crippen molar-refractivity contribution in [3.05, 3.63) is 40.0 Å². The van der Waals surface area contributed by atoms with Crippen molar-refractivity contribution in [1.82, 2.24) is 0 Å². The zero-order chi connectivity index (χ0) is 19.9. The molecule has 1 aliphatic heterocycles. The molecule has 3 rings (SSSR count). The second-order valence-corrected chi connectivity index (χ2v) is 6.59. The lowest BCUT2D eigenvalue weighted by Gasteiger charge is -2.37. The number of Topliss-reactive ketones (excluding diaryl/α,β-unsaturated/α-hetero) is 2. The molecule has 0 bridgehead atoms. The van der Waals surface area contributed by atoms with Gasteiger partial charge in [0.2, 0.25) is 0 Å². The molecule has 1 heterocycles. The van der Waals surface area contributed by atoms with Gasteiger partial charge in [-0.1, -0.05) is 6.07 Å². The fourth-order valence-electron chi connectivity index (χ4n) is 3.72. The van der Waals surface area contributed by atoms with Crippen LogP contribution in [0, 0.1) is 6.92 Å². The fraction of sp³-hybridized carbons (Fsp3) is 0.450. The summed E-state index contributed by atoms with van der Waals surface area (Å²) in [6.45, 7) is 5.27. The molecule has 7 heteroatoms. The molecule has 1 aromatic rings. The maximum atomic E-state index is 13.2. The molecular weight excluding hydrogens is 352 g/mol. The molecule has 7 nitrogen and oxygen atoms in total. The van der Waals surface area contributed by atoms with Crippen LogP contribution in [-0.2, 0) is 14.3 Å². The minimum atomic E-state index is -1.41. The zero-order valence-corrected chi connectivity index (χ0v) is 15.7. The molecule has 1 aliphatic carbocycles. The van der Waals surface area contributed by atoms with Crippen molar-refractivity contribution in [2.45, 2.75) is 45.5 Å². The third-order valence-electron chi connectivity index (χ3n) is 4.92. The number of methoxy groups -OCH3 is 1. The van der Waals surface area contributed by atoms with Crippen LogP contribution in [0.25, 0.3) is 0 Å². The van der Waals surface area contributed by atoms with Crippen molar-refractivity contribution in [1.29, 1.82) is 0 Å². The molecule has 0 aromatic heterocycles. The zero-order valence-electron chi connectivity index (χ0n) is 15.7. The van der Waals surface area contributed by atoms with E-state index >= 15 is 0 Å². The molecule has 3 atom stereocenters. The molecule has 27 heavy (non-hydrogen) atoms. The Kier molecular flexibility index (Phi) is 5.17. The maximum Gasteiger partial charge on any atom is 0.308 e. The highest BCUT2D eigenvalue weighted by Gasteiger charge is 2.46. The minimum Gasteiger partial charge on any atom is -0.496 e. The number of ether oxygens (including phenoxy) is 3. The predicted octanol–water partition coefficient (Wildman–Crippen LogP) is 1.78. The summed E-state index contributed by atoms with van der Waals surface area (Å²) < 4.78 is 15.9. The van der Waals surface area contributed by atoms with Crippen LogP contribution in [0.1, 0.15) is 46.5 Å². The van der Waals surface area contributed by atoms with Crippen LogP contribution in [0.4, 0.5) is 0 Å². The normalized spacial score (nSPS) is 24.4. The van der Waals surface area contributed by atoms with Gasteiger partial charge in [0.1, 0.15) is 11.9 Å². The Hall–Kier alpha value is -2.51. The number of rotatable bonds is 4. The second-order valence-electron chi connectivity index (χ2n) is 6.59. The highest BCUT2D eigenvalue weighted by molar-refractivity contribution is 6.29. The third-order valence-corrected chi connectivity index (χ3v) is 4.92. The van der Waals surface area contributed by atoms with Crippen LogP contribution in [0.2, 0.25) is 0 Å². The molecule has 0 saturated heterocycles. The van der Waals surface area contributed by atoms with Gasteiger partial charge in [0.05, 0.1) is 37.9 Å². The summed E-state index contributed by atoms with van der Waals surface area (Å²) in [5, 5.41) is 10.7. The van der Waals surface area contributed by atoms with Gasteiger partial charge in [0.25, 0.3) is 0 Å². The van der Waals surface area contributed by atoms with E-state index in [0.29, 0.717) is 11.3 Å². The number of carbonyl (C=O) groups excluding carboxylic acids is 3. The van der Waals surface area contributed by atoms with E-state index in [2.05, 4.69) is 0 Å². The van der Waals surface area contributed by atoms with Gasteiger partial charge in [-0.3, -0.25) is 14.4 Å². The summed E-state index contributed by atoms with van der Waals surface area (Å²) in [6.07, 6.45) is -3.32. The SMILES string of the molecule is CCOC(=O)C[C@H]1O[C@@H](C)C2=C(C(=O)c3c(ccc(C)c3OC)C2=O)[C@@H]1O. The number of aliphatic hydroxyl groups excluding tert-OH is 1. The summed E-state index contributed by atoms with van der Waals surface area (Å²) in [6, 6.07) is 3.30. The largest absolute Gasteiger partial charge is 0.496 e. The first-order valence-corrected chi connectivity index (χ1v) is 8.81. The molecule has 0 fully saturated rings. The number of hydrogen-bond acceptors (Lipinski definition) is 7. The quantitative estimate of drug-likeness (QED) is 0.802. The van der Waals surface area contributed by atoms with E-state index in [1.807, 2.05) is 0 Å². The van der Waals surface area contributed by atoms with Crippen molar-refractivity contribution in [3.8, 4) is 5.75 Å². The first kappa shape index (κ1) is 19.3. The lowest BCUT2D eigenvalue weighted by molar-refractivity contribution is -0.150. The Morgan fingerprint density at radius 1 is 1.22 bits per heavy atom. The van der Waals surface area contributed by atoms with Gasteiger partial charge < -0.3 is 19.3 Å². The summed E-state index contributed by atoms with van der Waals surface area (Å²) in [5.41, 5.74) is 1.19. The Morgan fingerprint density at radius 3 is 2.56 bits per heavy atom.